The molecule has 5 aromatic rings. The Kier molecular flexibility index (Phi) is 10.8. The molecule has 3 heterocycles. The number of imidazole rings is 1. The molecular formula is C39H37ClF5N7O5S2. The Labute approximate surface area is 341 Å². The molecule has 1 atom stereocenters. The molecule has 0 aliphatic heterocycles. The Hall–Kier alpha value is -5.06. The van der Waals surface area contributed by atoms with Crippen molar-refractivity contribution in [3.63, 3.8) is 0 Å². The Morgan fingerprint density at radius 2 is 1.64 bits per heavy atom. The van der Waals surface area contributed by atoms with Gasteiger partial charge in [0, 0.05) is 36.4 Å². The van der Waals surface area contributed by atoms with Crippen LogP contribution in [0.2, 0.25) is 5.02 Å². The maximum atomic E-state index is 14.6. The van der Waals surface area contributed by atoms with E-state index in [4.69, 9.17) is 16.6 Å². The summed E-state index contributed by atoms with van der Waals surface area (Å²) < 4.78 is 125. The van der Waals surface area contributed by atoms with Gasteiger partial charge in [-0.05, 0) is 87.8 Å². The van der Waals surface area contributed by atoms with E-state index in [1.807, 2.05) is 0 Å². The number of alkyl halides is 3. The van der Waals surface area contributed by atoms with E-state index >= 15 is 0 Å². The second-order valence-electron chi connectivity index (χ2n) is 15.3. The molecule has 2 saturated carbocycles. The van der Waals surface area contributed by atoms with Crippen molar-refractivity contribution >= 4 is 54.1 Å². The number of fused-ring (bicyclic) bond motifs is 1. The summed E-state index contributed by atoms with van der Waals surface area (Å²) in [7, 11) is -5.94. The number of pyridine rings is 1. The average molecular weight is 878 g/mol. The first-order chi connectivity index (χ1) is 27.5. The van der Waals surface area contributed by atoms with Crippen molar-refractivity contribution < 1.29 is 43.6 Å². The fraction of sp³-hybridized carbons (Fsp3) is 0.385. The van der Waals surface area contributed by atoms with Crippen molar-refractivity contribution in [1.29, 1.82) is 0 Å². The van der Waals surface area contributed by atoms with E-state index in [-0.39, 0.29) is 51.3 Å². The van der Waals surface area contributed by atoms with Gasteiger partial charge in [0.1, 0.15) is 34.4 Å². The van der Waals surface area contributed by atoms with Crippen LogP contribution in [0.5, 0.6) is 0 Å². The number of rotatable bonds is 12. The zero-order valence-corrected chi connectivity index (χ0v) is 34.3. The van der Waals surface area contributed by atoms with Crippen molar-refractivity contribution in [2.24, 2.45) is 7.05 Å². The predicted molar refractivity (Wildman–Crippen MR) is 210 cm³/mol. The van der Waals surface area contributed by atoms with Gasteiger partial charge >= 0.3 is 6.18 Å². The predicted octanol–water partition coefficient (Wildman–Crippen LogP) is 6.84. The van der Waals surface area contributed by atoms with Gasteiger partial charge in [0.15, 0.2) is 21.3 Å². The minimum absolute atomic E-state index is 0.0580. The first-order valence-corrected chi connectivity index (χ1v) is 22.1. The van der Waals surface area contributed by atoms with E-state index in [9.17, 15) is 43.6 Å². The summed E-state index contributed by atoms with van der Waals surface area (Å²) in [6.07, 6.45) is -1.13. The van der Waals surface area contributed by atoms with Crippen LogP contribution in [-0.4, -0.2) is 63.3 Å². The number of nitrogens with zero attached hydrogens (tertiary/aromatic N) is 5. The molecule has 2 N–H and O–H groups in total. The van der Waals surface area contributed by atoms with E-state index in [1.54, 1.807) is 12.1 Å². The number of carbonyl (C=O) groups excluding carboxylic acids is 1. The molecule has 2 aliphatic rings. The van der Waals surface area contributed by atoms with Crippen LogP contribution in [0, 0.1) is 23.5 Å². The summed E-state index contributed by atoms with van der Waals surface area (Å²) in [5.74, 6) is 2.79. The highest BCUT2D eigenvalue weighted by molar-refractivity contribution is 7.93. The van der Waals surface area contributed by atoms with Crippen LogP contribution in [0.15, 0.2) is 48.7 Å². The van der Waals surface area contributed by atoms with Crippen LogP contribution < -0.4 is 10.0 Å². The number of nitrogens with one attached hydrogen (secondary N) is 2. The third-order valence-corrected chi connectivity index (χ3v) is 13.7. The third-order valence-electron chi connectivity index (χ3n) is 9.98. The highest BCUT2D eigenvalue weighted by atomic mass is 35.5. The van der Waals surface area contributed by atoms with E-state index in [2.05, 4.69) is 32.0 Å². The molecule has 2 aromatic carbocycles. The monoisotopic (exact) mass is 877 g/mol. The quantitative estimate of drug-likeness (QED) is 0.102. The molecule has 0 saturated heterocycles. The van der Waals surface area contributed by atoms with Gasteiger partial charge in [-0.2, -0.15) is 18.3 Å². The average Bonchev–Trinajstić information content (AvgIpc) is 4.06. The van der Waals surface area contributed by atoms with Gasteiger partial charge in [-0.1, -0.05) is 23.6 Å². The van der Waals surface area contributed by atoms with Crippen molar-refractivity contribution in [2.45, 2.75) is 80.6 Å². The van der Waals surface area contributed by atoms with Gasteiger partial charge in [0.25, 0.3) is 0 Å². The Bertz CT molecular complexity index is 2780. The Morgan fingerprint density at radius 3 is 2.25 bits per heavy atom. The summed E-state index contributed by atoms with van der Waals surface area (Å²) in [6, 6.07) is 7.69. The molecule has 0 unspecified atom stereocenters. The van der Waals surface area contributed by atoms with Crippen LogP contribution in [0.25, 0.3) is 22.0 Å². The number of anilines is 1. The molecule has 312 valence electrons. The zero-order valence-electron chi connectivity index (χ0n) is 32.0. The van der Waals surface area contributed by atoms with Crippen molar-refractivity contribution in [2.75, 3.05) is 11.0 Å². The lowest BCUT2D eigenvalue weighted by molar-refractivity contribution is -0.141. The minimum Gasteiger partial charge on any atom is -0.346 e. The number of aromatic nitrogens is 5. The molecule has 0 radical (unpaired) electrons. The SMILES string of the molecule is Cn1nc(NS(C)(=O)=O)c2c(Cl)ccc(-c3ccc(C#CC(C)(C)S(=O)(=O)C4CC4)nc3[C@H](Cc3cc(F)cc(F)c3)NC(=O)Cn3cc(C(F)(F)F)nc3C3CC3)c21. The third kappa shape index (κ3) is 9.09. The van der Waals surface area contributed by atoms with Gasteiger partial charge in [-0.15, -0.1) is 0 Å². The largest absolute Gasteiger partial charge is 0.434 e. The standard InChI is InChI=1S/C39H37ClF5N7O5S2/c1-38(2,59(56,57)26-8-9-26)14-13-25-7-10-27(28-11-12-29(40)33-35(28)51(3)49-36(33)50-58(4,54)55)34(46-25)30(17-21-15-23(41)18-24(42)16-21)47-32(53)20-52-19-31(39(43,44)45)48-37(52)22-5-6-22/h7,10-12,15-16,18-19,22,26,30H,5-6,8-9,17,20H2,1-4H3,(H,47,53)(H,49,50)/t30-/m0/s1. The minimum atomic E-state index is -4.77. The molecule has 7 rings (SSSR count). The number of halogens is 6. The number of amides is 1. The number of sulfone groups is 1. The lowest BCUT2D eigenvalue weighted by Gasteiger charge is -2.23. The first kappa shape index (κ1) is 42.1. The fourth-order valence-corrected chi connectivity index (χ4v) is 9.42. The lowest BCUT2D eigenvalue weighted by atomic mass is 9.93. The van der Waals surface area contributed by atoms with Crippen LogP contribution >= 0.6 is 11.6 Å². The lowest BCUT2D eigenvalue weighted by Crippen LogP contribution is -2.34. The zero-order chi connectivity index (χ0) is 42.8. The van der Waals surface area contributed by atoms with Crippen molar-refractivity contribution in [3.8, 4) is 23.0 Å². The molecule has 12 nitrogen and oxygen atoms in total. The van der Waals surface area contributed by atoms with E-state index < -0.39 is 71.9 Å². The summed E-state index contributed by atoms with van der Waals surface area (Å²) in [5.41, 5.74) is 0.01000. The second-order valence-corrected chi connectivity index (χ2v) is 20.2. The number of benzene rings is 2. The maximum Gasteiger partial charge on any atom is 0.434 e. The van der Waals surface area contributed by atoms with Gasteiger partial charge in [0.2, 0.25) is 15.9 Å². The number of hydrogen-bond acceptors (Lipinski definition) is 8. The summed E-state index contributed by atoms with van der Waals surface area (Å²) in [5, 5.41) is 6.98. The smallest absolute Gasteiger partial charge is 0.346 e. The molecule has 0 bridgehead atoms. The Balaban J connectivity index is 1.40. The van der Waals surface area contributed by atoms with Gasteiger partial charge in [0.05, 0.1) is 39.2 Å². The molecule has 0 spiro atoms. The summed E-state index contributed by atoms with van der Waals surface area (Å²) >= 11 is 6.61. The molecule has 20 heteroatoms. The molecular weight excluding hydrogens is 841 g/mol. The van der Waals surface area contributed by atoms with E-state index in [0.29, 0.717) is 48.4 Å². The first-order valence-electron chi connectivity index (χ1n) is 18.3. The van der Waals surface area contributed by atoms with E-state index in [0.717, 1.165) is 29.2 Å². The highest BCUT2D eigenvalue weighted by Gasteiger charge is 2.45. The summed E-state index contributed by atoms with van der Waals surface area (Å²) in [4.78, 5) is 22.6. The topological polar surface area (TPSA) is 158 Å². The van der Waals surface area contributed by atoms with Gasteiger partial charge in [-0.25, -0.2) is 35.6 Å². The molecule has 59 heavy (non-hydrogen) atoms. The summed E-state index contributed by atoms with van der Waals surface area (Å²) in [6.45, 7) is 2.36. The maximum absolute atomic E-state index is 14.6. The van der Waals surface area contributed by atoms with E-state index in [1.165, 1.54) is 37.7 Å². The molecule has 1 amide bonds. The molecule has 2 fully saturated rings. The van der Waals surface area contributed by atoms with Crippen LogP contribution in [0.4, 0.5) is 27.8 Å². The number of aryl methyl sites for hydroxylation is 1. The van der Waals surface area contributed by atoms with Crippen LogP contribution in [0.1, 0.15) is 80.0 Å². The van der Waals surface area contributed by atoms with Gasteiger partial charge < -0.3 is 9.88 Å². The molecule has 2 aliphatic carbocycles. The normalized spacial score (nSPS) is 15.5. The van der Waals surface area contributed by atoms with Crippen LogP contribution in [0.3, 0.4) is 0 Å². The Morgan fingerprint density at radius 1 is 0.983 bits per heavy atom. The molecule has 3 aromatic heterocycles. The van der Waals surface area contributed by atoms with Gasteiger partial charge in [-0.3, -0.25) is 14.2 Å². The second kappa shape index (κ2) is 15.2. The highest BCUT2D eigenvalue weighted by Crippen LogP contribution is 2.42. The number of hydrogen-bond donors (Lipinski definition) is 2. The van der Waals surface area contributed by atoms with Crippen molar-refractivity contribution in [1.82, 2.24) is 29.6 Å². The van der Waals surface area contributed by atoms with Crippen molar-refractivity contribution in [3.05, 3.63) is 93.8 Å². The number of sulfonamides is 1. The van der Waals surface area contributed by atoms with Crippen LogP contribution in [-0.2, 0) is 50.8 Å². The number of carbonyl (C=O) groups is 1. The fourth-order valence-electron chi connectivity index (χ4n) is 6.90.